The standard InChI is InChI=1S/C16H22O4/c1-9(2)14(18)13-12(19-5)8-11(17)10-6-7-16(3,4)20-15(10)13/h8-9,17H,6-7H2,1-5H3. The maximum absolute atomic E-state index is 12.5. The van der Waals surface area contributed by atoms with Crippen molar-refractivity contribution in [3.8, 4) is 17.2 Å². The lowest BCUT2D eigenvalue weighted by Crippen LogP contribution is -2.34. The predicted octanol–water partition coefficient (Wildman–Crippen LogP) is 3.34. The van der Waals surface area contributed by atoms with Crippen LogP contribution in [0.1, 0.15) is 50.0 Å². The molecule has 1 heterocycles. The van der Waals surface area contributed by atoms with Crippen molar-refractivity contribution in [2.45, 2.75) is 46.1 Å². The average molecular weight is 278 g/mol. The van der Waals surface area contributed by atoms with E-state index in [0.717, 1.165) is 6.42 Å². The summed E-state index contributed by atoms with van der Waals surface area (Å²) in [6.07, 6.45) is 1.49. The quantitative estimate of drug-likeness (QED) is 0.861. The van der Waals surface area contributed by atoms with E-state index in [1.165, 1.54) is 13.2 Å². The Morgan fingerprint density at radius 2 is 2.10 bits per heavy atom. The van der Waals surface area contributed by atoms with Gasteiger partial charge in [0, 0.05) is 17.5 Å². The van der Waals surface area contributed by atoms with Gasteiger partial charge in [0.15, 0.2) is 5.78 Å². The number of hydrogen-bond donors (Lipinski definition) is 1. The van der Waals surface area contributed by atoms with E-state index in [4.69, 9.17) is 9.47 Å². The topological polar surface area (TPSA) is 55.8 Å². The van der Waals surface area contributed by atoms with Crippen molar-refractivity contribution in [1.82, 2.24) is 0 Å². The SMILES string of the molecule is COc1cc(O)c2c(c1C(=O)C(C)C)OC(C)(C)CC2. The van der Waals surface area contributed by atoms with E-state index < -0.39 is 0 Å². The number of methoxy groups -OCH3 is 1. The van der Waals surface area contributed by atoms with Crippen LogP contribution < -0.4 is 9.47 Å². The predicted molar refractivity (Wildman–Crippen MR) is 76.9 cm³/mol. The summed E-state index contributed by atoms with van der Waals surface area (Å²) in [4.78, 5) is 12.5. The first-order valence-corrected chi connectivity index (χ1v) is 6.93. The molecule has 2 rings (SSSR count). The lowest BCUT2D eigenvalue weighted by Gasteiger charge is -2.34. The van der Waals surface area contributed by atoms with Crippen LogP contribution in [0, 0.1) is 5.92 Å². The molecule has 0 saturated carbocycles. The first kappa shape index (κ1) is 14.7. The molecule has 1 aliphatic heterocycles. The summed E-state index contributed by atoms with van der Waals surface area (Å²) in [5, 5.41) is 10.1. The second-order valence-electron chi connectivity index (χ2n) is 6.16. The zero-order chi connectivity index (χ0) is 15.1. The van der Waals surface area contributed by atoms with Gasteiger partial charge < -0.3 is 14.6 Å². The smallest absolute Gasteiger partial charge is 0.172 e. The van der Waals surface area contributed by atoms with Gasteiger partial charge in [0.05, 0.1) is 7.11 Å². The fourth-order valence-corrected chi connectivity index (χ4v) is 2.45. The van der Waals surface area contributed by atoms with Gasteiger partial charge in [-0.15, -0.1) is 0 Å². The Morgan fingerprint density at radius 1 is 1.45 bits per heavy atom. The molecule has 20 heavy (non-hydrogen) atoms. The van der Waals surface area contributed by atoms with E-state index in [1.807, 2.05) is 27.7 Å². The fourth-order valence-electron chi connectivity index (χ4n) is 2.45. The molecule has 0 saturated heterocycles. The molecule has 1 aliphatic rings. The molecule has 0 aliphatic carbocycles. The van der Waals surface area contributed by atoms with Crippen molar-refractivity contribution in [3.63, 3.8) is 0 Å². The van der Waals surface area contributed by atoms with E-state index in [-0.39, 0.29) is 23.1 Å². The number of rotatable bonds is 3. The summed E-state index contributed by atoms with van der Waals surface area (Å²) in [5.41, 5.74) is 0.801. The lowest BCUT2D eigenvalue weighted by molar-refractivity contribution is 0.0776. The number of ether oxygens (including phenoxy) is 2. The van der Waals surface area contributed by atoms with Gasteiger partial charge in [-0.1, -0.05) is 13.8 Å². The highest BCUT2D eigenvalue weighted by Gasteiger charge is 2.34. The average Bonchev–Trinajstić information content (AvgIpc) is 2.36. The van der Waals surface area contributed by atoms with E-state index in [9.17, 15) is 9.90 Å². The molecular formula is C16H22O4. The van der Waals surface area contributed by atoms with Gasteiger partial charge in [0.2, 0.25) is 0 Å². The molecule has 0 bridgehead atoms. The molecule has 1 aromatic rings. The van der Waals surface area contributed by atoms with Crippen molar-refractivity contribution in [1.29, 1.82) is 0 Å². The Labute approximate surface area is 119 Å². The number of carbonyl (C=O) groups excluding carboxylic acids is 1. The van der Waals surface area contributed by atoms with Gasteiger partial charge in [-0.05, 0) is 26.7 Å². The van der Waals surface area contributed by atoms with Gasteiger partial charge in [-0.25, -0.2) is 0 Å². The van der Waals surface area contributed by atoms with Crippen LogP contribution in [0.4, 0.5) is 0 Å². The number of hydrogen-bond acceptors (Lipinski definition) is 4. The van der Waals surface area contributed by atoms with Crippen molar-refractivity contribution in [3.05, 3.63) is 17.2 Å². The molecule has 0 atom stereocenters. The molecule has 1 aromatic carbocycles. The number of Topliss-reactive ketones (excluding diaryl/α,β-unsaturated/α-hetero) is 1. The molecule has 0 amide bonds. The highest BCUT2D eigenvalue weighted by molar-refractivity contribution is 6.03. The van der Waals surface area contributed by atoms with Crippen LogP contribution >= 0.6 is 0 Å². The van der Waals surface area contributed by atoms with Crippen LogP contribution in [-0.4, -0.2) is 23.6 Å². The molecule has 110 valence electrons. The van der Waals surface area contributed by atoms with E-state index in [0.29, 0.717) is 29.0 Å². The van der Waals surface area contributed by atoms with Gasteiger partial charge in [-0.3, -0.25) is 4.79 Å². The van der Waals surface area contributed by atoms with Crippen molar-refractivity contribution >= 4 is 5.78 Å². The monoisotopic (exact) mass is 278 g/mol. The summed E-state index contributed by atoms with van der Waals surface area (Å²) < 4.78 is 11.3. The lowest BCUT2D eigenvalue weighted by atomic mass is 9.89. The number of ketones is 1. The van der Waals surface area contributed by atoms with Crippen LogP contribution in [0.5, 0.6) is 17.2 Å². The minimum Gasteiger partial charge on any atom is -0.507 e. The molecule has 1 N–H and O–H groups in total. The zero-order valence-electron chi connectivity index (χ0n) is 12.7. The number of phenols is 1. The summed E-state index contributed by atoms with van der Waals surface area (Å²) in [6.45, 7) is 7.65. The van der Waals surface area contributed by atoms with Gasteiger partial charge in [0.25, 0.3) is 0 Å². The van der Waals surface area contributed by atoms with Crippen molar-refractivity contribution in [2.75, 3.05) is 7.11 Å². The van der Waals surface area contributed by atoms with Gasteiger partial charge in [-0.2, -0.15) is 0 Å². The van der Waals surface area contributed by atoms with E-state index >= 15 is 0 Å². The second-order valence-corrected chi connectivity index (χ2v) is 6.16. The van der Waals surface area contributed by atoms with Crippen molar-refractivity contribution < 1.29 is 19.4 Å². The van der Waals surface area contributed by atoms with Gasteiger partial charge in [0.1, 0.15) is 28.4 Å². The Kier molecular flexibility index (Phi) is 3.67. The summed E-state index contributed by atoms with van der Waals surface area (Å²) in [6, 6.07) is 1.51. The summed E-state index contributed by atoms with van der Waals surface area (Å²) >= 11 is 0. The molecule has 0 radical (unpaired) electrons. The minimum atomic E-state index is -0.349. The fraction of sp³-hybridized carbons (Fsp3) is 0.562. The first-order valence-electron chi connectivity index (χ1n) is 6.93. The number of phenolic OH excluding ortho intramolecular Hbond substituents is 1. The highest BCUT2D eigenvalue weighted by atomic mass is 16.5. The first-order chi connectivity index (χ1) is 9.26. The number of carbonyl (C=O) groups is 1. The Morgan fingerprint density at radius 3 is 2.65 bits per heavy atom. The largest absolute Gasteiger partial charge is 0.507 e. The zero-order valence-corrected chi connectivity index (χ0v) is 12.7. The molecule has 4 nitrogen and oxygen atoms in total. The van der Waals surface area contributed by atoms with Crippen LogP contribution in [0.2, 0.25) is 0 Å². The molecule has 0 aromatic heterocycles. The van der Waals surface area contributed by atoms with Crippen LogP contribution in [-0.2, 0) is 6.42 Å². The maximum atomic E-state index is 12.5. The Bertz CT molecular complexity index is 544. The summed E-state index contributed by atoms with van der Waals surface area (Å²) in [5.74, 6) is 0.795. The third-order valence-electron chi connectivity index (χ3n) is 3.67. The maximum Gasteiger partial charge on any atom is 0.172 e. The Hall–Kier alpha value is -1.71. The molecule has 4 heteroatoms. The van der Waals surface area contributed by atoms with E-state index in [1.54, 1.807) is 0 Å². The highest BCUT2D eigenvalue weighted by Crippen LogP contribution is 2.45. The van der Waals surface area contributed by atoms with Crippen LogP contribution in [0.25, 0.3) is 0 Å². The third-order valence-corrected chi connectivity index (χ3v) is 3.67. The number of benzene rings is 1. The van der Waals surface area contributed by atoms with Crippen LogP contribution in [0.15, 0.2) is 6.07 Å². The number of fused-ring (bicyclic) bond motifs is 1. The Balaban J connectivity index is 2.68. The van der Waals surface area contributed by atoms with Crippen molar-refractivity contribution in [2.24, 2.45) is 5.92 Å². The van der Waals surface area contributed by atoms with Crippen LogP contribution in [0.3, 0.4) is 0 Å². The normalized spacial score (nSPS) is 16.5. The minimum absolute atomic E-state index is 0.0317. The van der Waals surface area contributed by atoms with E-state index in [2.05, 4.69) is 0 Å². The molecular weight excluding hydrogens is 256 g/mol. The van der Waals surface area contributed by atoms with Gasteiger partial charge >= 0.3 is 0 Å². The summed E-state index contributed by atoms with van der Waals surface area (Å²) in [7, 11) is 1.49. The second kappa shape index (κ2) is 5.00. The molecule has 0 fully saturated rings. The third kappa shape index (κ3) is 2.47. The molecule has 0 spiro atoms. The number of aromatic hydroxyl groups is 1. The molecule has 0 unspecified atom stereocenters.